The van der Waals surface area contributed by atoms with Gasteiger partial charge in [-0.3, -0.25) is 30.6 Å². The Kier molecular flexibility index (Phi) is 6.66. The lowest BCUT2D eigenvalue weighted by Gasteiger charge is -2.20. The van der Waals surface area contributed by atoms with Crippen molar-refractivity contribution in [1.29, 1.82) is 0 Å². The molecule has 1 fully saturated rings. The van der Waals surface area contributed by atoms with E-state index in [1.165, 1.54) is 42.5 Å². The lowest BCUT2D eigenvalue weighted by atomic mass is 9.89. The fourth-order valence-corrected chi connectivity index (χ4v) is 3.34. The van der Waals surface area contributed by atoms with Crippen LogP contribution in [0.3, 0.4) is 0 Å². The molecule has 1 aliphatic carbocycles. The van der Waals surface area contributed by atoms with E-state index in [0.29, 0.717) is 11.3 Å². The predicted octanol–water partition coefficient (Wildman–Crippen LogP) is 4.38. The third-order valence-corrected chi connectivity index (χ3v) is 4.97. The number of hydrogen-bond acceptors (Lipinski definition) is 5. The van der Waals surface area contributed by atoms with E-state index in [1.807, 2.05) is 0 Å². The number of hydrazine groups is 1. The van der Waals surface area contributed by atoms with Gasteiger partial charge >= 0.3 is 5.69 Å². The minimum atomic E-state index is -0.585. The van der Waals surface area contributed by atoms with E-state index in [-0.39, 0.29) is 28.3 Å². The van der Waals surface area contributed by atoms with E-state index in [0.717, 1.165) is 32.1 Å². The standard InChI is InChI=1S/C20H20ClN3O5/c21-15-8-11-18(17(12-15)24(27)28)29-16-9-6-14(7-10-16)20(26)23-22-19(25)13-4-2-1-3-5-13/h6-13H,1-5H2,(H,22,25)(H,23,26). The van der Waals surface area contributed by atoms with Crippen molar-refractivity contribution in [1.82, 2.24) is 10.9 Å². The van der Waals surface area contributed by atoms with E-state index < -0.39 is 10.8 Å². The van der Waals surface area contributed by atoms with Gasteiger partial charge in [0.2, 0.25) is 11.7 Å². The smallest absolute Gasteiger partial charge is 0.313 e. The van der Waals surface area contributed by atoms with Crippen LogP contribution in [0.25, 0.3) is 0 Å². The highest BCUT2D eigenvalue weighted by atomic mass is 35.5. The SMILES string of the molecule is O=C(NNC(=O)C1CCCCC1)c1ccc(Oc2ccc(Cl)cc2[N+](=O)[O-])cc1. The van der Waals surface area contributed by atoms with Crippen molar-refractivity contribution in [2.75, 3.05) is 0 Å². The molecule has 0 radical (unpaired) electrons. The van der Waals surface area contributed by atoms with E-state index in [4.69, 9.17) is 16.3 Å². The summed E-state index contributed by atoms with van der Waals surface area (Å²) >= 11 is 5.79. The van der Waals surface area contributed by atoms with E-state index in [9.17, 15) is 19.7 Å². The van der Waals surface area contributed by atoms with Gasteiger partial charge in [-0.05, 0) is 49.2 Å². The van der Waals surface area contributed by atoms with Crippen LogP contribution in [0.4, 0.5) is 5.69 Å². The van der Waals surface area contributed by atoms with Crippen molar-refractivity contribution in [3.05, 3.63) is 63.2 Å². The molecule has 2 aromatic carbocycles. The molecule has 0 spiro atoms. The summed E-state index contributed by atoms with van der Waals surface area (Å²) < 4.78 is 5.54. The van der Waals surface area contributed by atoms with E-state index in [2.05, 4.69) is 10.9 Å². The average molecular weight is 418 g/mol. The molecular weight excluding hydrogens is 398 g/mol. The summed E-state index contributed by atoms with van der Waals surface area (Å²) in [6, 6.07) is 10.1. The van der Waals surface area contributed by atoms with Crippen molar-refractivity contribution in [3.63, 3.8) is 0 Å². The number of hydrogen-bond donors (Lipinski definition) is 2. The normalized spacial score (nSPS) is 14.1. The number of carbonyl (C=O) groups excluding carboxylic acids is 2. The van der Waals surface area contributed by atoms with E-state index >= 15 is 0 Å². The Morgan fingerprint density at radius 2 is 1.72 bits per heavy atom. The Labute approximate surface area is 172 Å². The number of amides is 2. The summed E-state index contributed by atoms with van der Waals surface area (Å²) in [5, 5.41) is 11.4. The molecule has 2 amide bonds. The molecule has 1 saturated carbocycles. The molecular formula is C20H20ClN3O5. The molecule has 0 aromatic heterocycles. The molecule has 0 saturated heterocycles. The third kappa shape index (κ3) is 5.45. The number of carbonyl (C=O) groups is 2. The quantitative estimate of drug-likeness (QED) is 0.554. The number of nitro benzene ring substituents is 1. The predicted molar refractivity (Wildman–Crippen MR) is 107 cm³/mol. The van der Waals surface area contributed by atoms with Crippen LogP contribution in [0.2, 0.25) is 5.02 Å². The van der Waals surface area contributed by atoms with Gasteiger partial charge in [0.15, 0.2) is 0 Å². The van der Waals surface area contributed by atoms with Crippen molar-refractivity contribution >= 4 is 29.1 Å². The summed E-state index contributed by atoms with van der Waals surface area (Å²) in [7, 11) is 0. The molecule has 9 heteroatoms. The molecule has 0 heterocycles. The first-order valence-electron chi connectivity index (χ1n) is 9.26. The first-order valence-corrected chi connectivity index (χ1v) is 9.64. The molecule has 152 valence electrons. The lowest BCUT2D eigenvalue weighted by molar-refractivity contribution is -0.385. The van der Waals surface area contributed by atoms with E-state index in [1.54, 1.807) is 0 Å². The fraction of sp³-hybridized carbons (Fsp3) is 0.300. The number of ether oxygens (including phenoxy) is 1. The number of nitrogens with zero attached hydrogens (tertiary/aromatic N) is 1. The second-order valence-corrected chi connectivity index (χ2v) is 7.21. The van der Waals surface area contributed by atoms with Crippen LogP contribution in [0.15, 0.2) is 42.5 Å². The summed E-state index contributed by atoms with van der Waals surface area (Å²) in [4.78, 5) is 34.8. The first-order chi connectivity index (χ1) is 13.9. The number of nitro groups is 1. The minimum absolute atomic E-state index is 0.0383. The molecule has 0 atom stereocenters. The average Bonchev–Trinajstić information content (AvgIpc) is 2.74. The monoisotopic (exact) mass is 417 g/mol. The van der Waals surface area contributed by atoms with Gasteiger partial charge in [0.25, 0.3) is 5.91 Å². The van der Waals surface area contributed by atoms with Crippen LogP contribution in [0, 0.1) is 16.0 Å². The summed E-state index contributed by atoms with van der Waals surface area (Å²) in [6.07, 6.45) is 4.87. The zero-order chi connectivity index (χ0) is 20.8. The van der Waals surface area contributed by atoms with Gasteiger partial charge in [-0.2, -0.15) is 0 Å². The molecule has 3 rings (SSSR count). The van der Waals surface area contributed by atoms with Crippen LogP contribution in [0.5, 0.6) is 11.5 Å². The second-order valence-electron chi connectivity index (χ2n) is 6.77. The highest BCUT2D eigenvalue weighted by Crippen LogP contribution is 2.33. The van der Waals surface area contributed by atoms with Gasteiger partial charge in [-0.25, -0.2) is 0 Å². The van der Waals surface area contributed by atoms with Gasteiger partial charge in [-0.1, -0.05) is 30.9 Å². The molecule has 0 unspecified atom stereocenters. The zero-order valence-corrected chi connectivity index (χ0v) is 16.3. The minimum Gasteiger partial charge on any atom is -0.450 e. The van der Waals surface area contributed by atoms with Gasteiger partial charge in [0.05, 0.1) is 4.92 Å². The molecule has 1 aliphatic rings. The zero-order valence-electron chi connectivity index (χ0n) is 15.5. The van der Waals surface area contributed by atoms with Crippen LogP contribution in [-0.4, -0.2) is 16.7 Å². The maximum absolute atomic E-state index is 12.2. The summed E-state index contributed by atoms with van der Waals surface area (Å²) in [6.45, 7) is 0. The van der Waals surface area contributed by atoms with Gasteiger partial charge < -0.3 is 4.74 Å². The molecule has 2 aromatic rings. The topological polar surface area (TPSA) is 111 Å². The lowest BCUT2D eigenvalue weighted by Crippen LogP contribution is -2.44. The first kappa shape index (κ1) is 20.6. The third-order valence-electron chi connectivity index (χ3n) is 4.74. The van der Waals surface area contributed by atoms with Crippen LogP contribution in [-0.2, 0) is 4.79 Å². The Bertz CT molecular complexity index is 911. The van der Waals surface area contributed by atoms with Crippen LogP contribution >= 0.6 is 11.6 Å². The summed E-state index contributed by atoms with van der Waals surface area (Å²) in [5.74, 6) is -0.337. The van der Waals surface area contributed by atoms with Crippen molar-refractivity contribution < 1.29 is 19.2 Å². The van der Waals surface area contributed by atoms with Gasteiger partial charge in [0, 0.05) is 22.6 Å². The number of halogens is 1. The highest BCUT2D eigenvalue weighted by Gasteiger charge is 2.21. The Morgan fingerprint density at radius 1 is 1.03 bits per heavy atom. The van der Waals surface area contributed by atoms with Crippen LogP contribution in [0.1, 0.15) is 42.5 Å². The van der Waals surface area contributed by atoms with Crippen molar-refractivity contribution in [2.45, 2.75) is 32.1 Å². The number of nitrogens with one attached hydrogen (secondary N) is 2. The Hall–Kier alpha value is -3.13. The fourth-order valence-electron chi connectivity index (χ4n) is 3.18. The number of rotatable bonds is 5. The molecule has 0 bridgehead atoms. The maximum Gasteiger partial charge on any atom is 0.313 e. The molecule has 29 heavy (non-hydrogen) atoms. The summed E-state index contributed by atoms with van der Waals surface area (Å²) in [5.41, 5.74) is 4.94. The number of benzene rings is 2. The Balaban J connectivity index is 1.59. The van der Waals surface area contributed by atoms with Gasteiger partial charge in [-0.15, -0.1) is 0 Å². The van der Waals surface area contributed by atoms with Crippen LogP contribution < -0.4 is 15.6 Å². The second kappa shape index (κ2) is 9.38. The maximum atomic E-state index is 12.2. The molecule has 0 aliphatic heterocycles. The van der Waals surface area contributed by atoms with Gasteiger partial charge in [0.1, 0.15) is 5.75 Å². The van der Waals surface area contributed by atoms with Crippen molar-refractivity contribution in [3.8, 4) is 11.5 Å². The molecule has 2 N–H and O–H groups in total. The highest BCUT2D eigenvalue weighted by molar-refractivity contribution is 6.30. The Morgan fingerprint density at radius 3 is 2.38 bits per heavy atom. The molecule has 8 nitrogen and oxygen atoms in total. The van der Waals surface area contributed by atoms with Crippen molar-refractivity contribution in [2.24, 2.45) is 5.92 Å². The largest absolute Gasteiger partial charge is 0.450 e.